The molecule has 2 aromatic heterocycles. The number of imidazole rings is 1. The maximum atomic E-state index is 12.5. The molecule has 31 heavy (non-hydrogen) atoms. The van der Waals surface area contributed by atoms with Gasteiger partial charge >= 0.3 is 6.03 Å². The first kappa shape index (κ1) is 21.1. The minimum atomic E-state index is -0.134. The third kappa shape index (κ3) is 4.34. The quantitative estimate of drug-likeness (QED) is 0.593. The summed E-state index contributed by atoms with van der Waals surface area (Å²) < 4.78 is 1.93. The fourth-order valence-electron chi connectivity index (χ4n) is 3.98. The van der Waals surface area contributed by atoms with Crippen molar-refractivity contribution in [3.63, 3.8) is 0 Å². The van der Waals surface area contributed by atoms with Gasteiger partial charge in [-0.05, 0) is 50.1 Å². The van der Waals surface area contributed by atoms with Crippen LogP contribution < -0.4 is 15.5 Å². The molecule has 2 amide bonds. The number of anilines is 2. The summed E-state index contributed by atoms with van der Waals surface area (Å²) in [6, 6.07) is 9.14. The number of amides is 2. The average Bonchev–Trinajstić information content (AvgIpc) is 3.33. The molecule has 1 aromatic carbocycles. The third-order valence-corrected chi connectivity index (χ3v) is 5.72. The van der Waals surface area contributed by atoms with Crippen molar-refractivity contribution >= 4 is 29.4 Å². The molecule has 1 aliphatic rings. The lowest BCUT2D eigenvalue weighted by atomic mass is 9.98. The minimum absolute atomic E-state index is 0.0303. The Morgan fingerprint density at radius 2 is 1.87 bits per heavy atom. The van der Waals surface area contributed by atoms with E-state index in [9.17, 15) is 4.79 Å². The van der Waals surface area contributed by atoms with E-state index >= 15 is 0 Å². The molecular weight excluding hydrogens is 414 g/mol. The van der Waals surface area contributed by atoms with Crippen molar-refractivity contribution in [2.45, 2.75) is 45.8 Å². The van der Waals surface area contributed by atoms with Gasteiger partial charge in [-0.25, -0.2) is 14.8 Å². The molecule has 1 saturated heterocycles. The summed E-state index contributed by atoms with van der Waals surface area (Å²) in [4.78, 5) is 27.7. The molecule has 0 bridgehead atoms. The number of benzene rings is 1. The van der Waals surface area contributed by atoms with Gasteiger partial charge < -0.3 is 15.2 Å². The van der Waals surface area contributed by atoms with Gasteiger partial charge in [-0.1, -0.05) is 25.4 Å². The fourth-order valence-corrected chi connectivity index (χ4v) is 4.10. The van der Waals surface area contributed by atoms with Gasteiger partial charge in [-0.3, -0.25) is 4.90 Å². The summed E-state index contributed by atoms with van der Waals surface area (Å²) in [5.74, 6) is 1.31. The number of urea groups is 1. The molecule has 9 heteroatoms. The zero-order chi connectivity index (χ0) is 22.1. The number of hydrogen-bond donors (Lipinski definition) is 2. The van der Waals surface area contributed by atoms with Gasteiger partial charge in [0.25, 0.3) is 0 Å². The Kier molecular flexibility index (Phi) is 5.82. The van der Waals surface area contributed by atoms with Gasteiger partial charge in [0.1, 0.15) is 5.82 Å². The first-order valence-corrected chi connectivity index (χ1v) is 10.7. The van der Waals surface area contributed by atoms with E-state index in [-0.39, 0.29) is 30.1 Å². The van der Waals surface area contributed by atoms with Crippen LogP contribution in [0.1, 0.15) is 39.4 Å². The van der Waals surface area contributed by atoms with E-state index in [1.807, 2.05) is 48.9 Å². The lowest BCUT2D eigenvalue weighted by Gasteiger charge is -2.27. The van der Waals surface area contributed by atoms with Crippen LogP contribution in [0.2, 0.25) is 5.02 Å². The highest BCUT2D eigenvalue weighted by Gasteiger charge is 2.40. The third-order valence-electron chi connectivity index (χ3n) is 5.47. The van der Waals surface area contributed by atoms with E-state index in [2.05, 4.69) is 39.4 Å². The molecule has 3 atom stereocenters. The number of halogens is 1. The summed E-state index contributed by atoms with van der Waals surface area (Å²) in [6.45, 7) is 8.22. The predicted molar refractivity (Wildman–Crippen MR) is 122 cm³/mol. The summed E-state index contributed by atoms with van der Waals surface area (Å²) in [7, 11) is 0. The molecule has 3 heterocycles. The second kappa shape index (κ2) is 8.55. The second-order valence-corrected chi connectivity index (χ2v) is 8.57. The molecule has 0 unspecified atom stereocenters. The second-order valence-electron chi connectivity index (χ2n) is 8.13. The number of rotatable bonds is 6. The van der Waals surface area contributed by atoms with Crippen LogP contribution in [0.4, 0.5) is 16.6 Å². The zero-order valence-electron chi connectivity index (χ0n) is 18.0. The van der Waals surface area contributed by atoms with Gasteiger partial charge in [0, 0.05) is 29.1 Å². The van der Waals surface area contributed by atoms with Crippen molar-refractivity contribution in [2.24, 2.45) is 5.92 Å². The van der Waals surface area contributed by atoms with Crippen LogP contribution in [-0.4, -0.2) is 37.6 Å². The van der Waals surface area contributed by atoms with Crippen molar-refractivity contribution in [3.8, 4) is 5.69 Å². The Bertz CT molecular complexity index is 1070. The van der Waals surface area contributed by atoms with Crippen molar-refractivity contribution in [1.29, 1.82) is 0 Å². The molecule has 1 fully saturated rings. The van der Waals surface area contributed by atoms with Crippen LogP contribution in [0.3, 0.4) is 0 Å². The van der Waals surface area contributed by atoms with Crippen LogP contribution in [-0.2, 0) is 0 Å². The topological polar surface area (TPSA) is 88.0 Å². The monoisotopic (exact) mass is 439 g/mol. The van der Waals surface area contributed by atoms with E-state index < -0.39 is 0 Å². The van der Waals surface area contributed by atoms with Crippen LogP contribution in [0.25, 0.3) is 5.69 Å². The van der Waals surface area contributed by atoms with Gasteiger partial charge in [0.15, 0.2) is 0 Å². The Balaban J connectivity index is 1.52. The lowest BCUT2D eigenvalue weighted by molar-refractivity contribution is 0.250. The number of aromatic nitrogens is 4. The van der Waals surface area contributed by atoms with Crippen LogP contribution in [0.15, 0.2) is 49.1 Å². The lowest BCUT2D eigenvalue weighted by Crippen LogP contribution is -2.40. The predicted octanol–water partition coefficient (Wildman–Crippen LogP) is 4.43. The van der Waals surface area contributed by atoms with Crippen molar-refractivity contribution in [1.82, 2.24) is 24.8 Å². The highest BCUT2D eigenvalue weighted by Crippen LogP contribution is 2.27. The first-order chi connectivity index (χ1) is 14.8. The van der Waals surface area contributed by atoms with Crippen molar-refractivity contribution in [2.75, 3.05) is 10.2 Å². The van der Waals surface area contributed by atoms with E-state index in [0.717, 1.165) is 11.4 Å². The van der Waals surface area contributed by atoms with Gasteiger partial charge in [0.05, 0.1) is 24.1 Å². The van der Waals surface area contributed by atoms with Crippen molar-refractivity contribution < 1.29 is 4.79 Å². The highest BCUT2D eigenvalue weighted by atomic mass is 35.5. The average molecular weight is 440 g/mol. The number of hydrogen-bond acceptors (Lipinski definition) is 5. The minimum Gasteiger partial charge on any atom is -0.346 e. The molecule has 0 saturated carbocycles. The summed E-state index contributed by atoms with van der Waals surface area (Å²) in [6.07, 6.45) is 5.38. The van der Waals surface area contributed by atoms with Crippen LogP contribution in [0, 0.1) is 5.92 Å². The molecule has 0 spiro atoms. The molecular formula is C22H26ClN7O. The zero-order valence-corrected chi connectivity index (χ0v) is 18.7. The Labute approximate surface area is 186 Å². The Morgan fingerprint density at radius 3 is 2.58 bits per heavy atom. The molecule has 8 nitrogen and oxygen atoms in total. The summed E-state index contributed by atoms with van der Waals surface area (Å²) in [5.41, 5.74) is 1.82. The Hall–Kier alpha value is -3.13. The maximum absolute atomic E-state index is 12.5. The molecule has 3 aromatic rings. The largest absolute Gasteiger partial charge is 0.346 e. The van der Waals surface area contributed by atoms with E-state index in [1.165, 1.54) is 0 Å². The molecule has 2 N–H and O–H groups in total. The molecule has 162 valence electrons. The number of carbonyl (C=O) groups excluding carboxylic acids is 1. The number of carbonyl (C=O) groups is 1. The maximum Gasteiger partial charge on any atom is 0.323 e. The smallest absolute Gasteiger partial charge is 0.323 e. The van der Waals surface area contributed by atoms with Crippen LogP contribution >= 0.6 is 11.6 Å². The summed E-state index contributed by atoms with van der Waals surface area (Å²) in [5, 5.41) is 6.97. The first-order valence-electron chi connectivity index (χ1n) is 10.3. The fraction of sp³-hybridized carbons (Fsp3) is 0.364. The molecule has 1 aliphatic heterocycles. The number of nitrogens with one attached hydrogen (secondary N) is 2. The summed E-state index contributed by atoms with van der Waals surface area (Å²) >= 11 is 5.97. The van der Waals surface area contributed by atoms with Crippen LogP contribution in [0.5, 0.6) is 0 Å². The Morgan fingerprint density at radius 1 is 1.13 bits per heavy atom. The van der Waals surface area contributed by atoms with Gasteiger partial charge in [-0.15, -0.1) is 0 Å². The molecule has 4 rings (SSSR count). The number of nitrogens with zero attached hydrogens (tertiary/aromatic N) is 5. The van der Waals surface area contributed by atoms with E-state index in [4.69, 9.17) is 11.6 Å². The SMILES string of the molecule is CC(C)[C@H]1[C@@H](C)NC(=O)N1c1ccnc(N[C@@H](C)c2cn(-c3ccc(Cl)cc3)cn2)n1. The van der Waals surface area contributed by atoms with Crippen molar-refractivity contribution in [3.05, 3.63) is 59.8 Å². The van der Waals surface area contributed by atoms with E-state index in [0.29, 0.717) is 16.8 Å². The standard InChI is InChI=1S/C22H26ClN7O/c1-13(2)20-15(4)27-22(31)30(20)19-9-10-24-21(28-19)26-14(3)18-11-29(12-25-18)17-7-5-16(23)6-8-17/h5-15,20H,1-4H3,(H,27,31)(H,24,26,28)/t14-,15+,20-/m0/s1. The van der Waals surface area contributed by atoms with Gasteiger partial charge in [0.2, 0.25) is 5.95 Å². The molecule has 0 radical (unpaired) electrons. The normalized spacial score (nSPS) is 19.5. The molecule has 0 aliphatic carbocycles. The highest BCUT2D eigenvalue weighted by molar-refractivity contribution is 6.30. The van der Waals surface area contributed by atoms with E-state index in [1.54, 1.807) is 23.5 Å². The van der Waals surface area contributed by atoms with Gasteiger partial charge in [-0.2, -0.15) is 4.98 Å².